The number of carbonyl (C=O) groups is 1. The number of benzene rings is 2. The highest BCUT2D eigenvalue weighted by atomic mass is 35.5. The number of halogens is 1. The molecule has 3 rings (SSSR count). The summed E-state index contributed by atoms with van der Waals surface area (Å²) in [5.74, 6) is 1.11. The van der Waals surface area contributed by atoms with Gasteiger partial charge in [0.2, 0.25) is 5.82 Å². The molecule has 1 aromatic heterocycles. The molecule has 2 aromatic carbocycles. The lowest BCUT2D eigenvalue weighted by Gasteiger charge is -2.06. The zero-order valence-corrected chi connectivity index (χ0v) is 15.3. The molecule has 1 heterocycles. The number of carbonyl (C=O) groups excluding carboxylic acids is 1. The fraction of sp³-hybridized carbons (Fsp3) is 0.211. The summed E-state index contributed by atoms with van der Waals surface area (Å²) < 4.78 is 7.03. The van der Waals surface area contributed by atoms with Crippen LogP contribution in [-0.4, -0.2) is 27.3 Å². The van der Waals surface area contributed by atoms with Crippen molar-refractivity contribution in [3.05, 3.63) is 70.8 Å². The summed E-state index contributed by atoms with van der Waals surface area (Å²) >= 11 is 6.20. The molecule has 6 nitrogen and oxygen atoms in total. The van der Waals surface area contributed by atoms with Crippen LogP contribution >= 0.6 is 11.6 Å². The summed E-state index contributed by atoms with van der Waals surface area (Å²) in [7, 11) is 0. The number of hydrogen-bond acceptors (Lipinski definition) is 4. The average molecular weight is 371 g/mol. The van der Waals surface area contributed by atoms with Gasteiger partial charge in [0.1, 0.15) is 11.6 Å². The topological polar surface area (TPSA) is 69.0 Å². The van der Waals surface area contributed by atoms with Crippen molar-refractivity contribution < 1.29 is 9.53 Å². The van der Waals surface area contributed by atoms with Crippen LogP contribution in [0.2, 0.25) is 5.02 Å². The van der Waals surface area contributed by atoms with Crippen molar-refractivity contribution in [1.29, 1.82) is 0 Å². The van der Waals surface area contributed by atoms with Gasteiger partial charge >= 0.3 is 0 Å². The Morgan fingerprint density at radius 2 is 2.04 bits per heavy atom. The molecular weight excluding hydrogens is 352 g/mol. The van der Waals surface area contributed by atoms with Gasteiger partial charge in [0.05, 0.1) is 17.3 Å². The van der Waals surface area contributed by atoms with Gasteiger partial charge in [-0.3, -0.25) is 4.79 Å². The maximum Gasteiger partial charge on any atom is 0.291 e. The Hall–Kier alpha value is -2.86. The second kappa shape index (κ2) is 8.01. The Balaban J connectivity index is 1.72. The number of para-hydroxylation sites is 1. The van der Waals surface area contributed by atoms with Crippen LogP contribution in [0.4, 0.5) is 0 Å². The molecular formula is C19H19ClN4O2. The molecule has 0 saturated carbocycles. The van der Waals surface area contributed by atoms with Crippen LogP contribution in [0.1, 0.15) is 28.9 Å². The maximum atomic E-state index is 12.4. The van der Waals surface area contributed by atoms with E-state index in [1.165, 1.54) is 0 Å². The standard InChI is InChI=1S/C19H19ClN4O2/c1-3-26-15-8-6-7-14(11-15)12-21-19(25)18-22-13(2)24(23-18)17-10-5-4-9-16(17)20/h4-11H,3,12H2,1-2H3,(H,21,25). The number of rotatable bonds is 6. The van der Waals surface area contributed by atoms with E-state index in [1.54, 1.807) is 17.7 Å². The predicted molar refractivity (Wildman–Crippen MR) is 99.9 cm³/mol. The van der Waals surface area contributed by atoms with Crippen LogP contribution in [0.25, 0.3) is 5.69 Å². The zero-order valence-electron chi connectivity index (χ0n) is 14.6. The fourth-order valence-electron chi connectivity index (χ4n) is 2.51. The van der Waals surface area contributed by atoms with Crippen molar-refractivity contribution in [2.75, 3.05) is 6.61 Å². The van der Waals surface area contributed by atoms with Gasteiger partial charge < -0.3 is 10.1 Å². The molecule has 26 heavy (non-hydrogen) atoms. The van der Waals surface area contributed by atoms with Gasteiger partial charge in [-0.15, -0.1) is 5.10 Å². The third-order valence-corrected chi connectivity index (χ3v) is 4.03. The van der Waals surface area contributed by atoms with Crippen molar-refractivity contribution in [1.82, 2.24) is 20.1 Å². The van der Waals surface area contributed by atoms with Crippen LogP contribution in [0.15, 0.2) is 48.5 Å². The number of aromatic nitrogens is 3. The number of nitrogens with one attached hydrogen (secondary N) is 1. The highest BCUT2D eigenvalue weighted by Gasteiger charge is 2.16. The Morgan fingerprint density at radius 3 is 2.81 bits per heavy atom. The van der Waals surface area contributed by atoms with E-state index in [0.717, 1.165) is 11.3 Å². The summed E-state index contributed by atoms with van der Waals surface area (Å²) in [6, 6.07) is 14.9. The summed E-state index contributed by atoms with van der Waals surface area (Å²) in [4.78, 5) is 16.6. The van der Waals surface area contributed by atoms with Gasteiger partial charge in [-0.05, 0) is 43.7 Å². The van der Waals surface area contributed by atoms with E-state index in [2.05, 4.69) is 15.4 Å². The first-order chi connectivity index (χ1) is 12.6. The van der Waals surface area contributed by atoms with Crippen LogP contribution in [0.5, 0.6) is 5.75 Å². The van der Waals surface area contributed by atoms with Gasteiger partial charge in [-0.2, -0.15) is 0 Å². The molecule has 0 bridgehead atoms. The van der Waals surface area contributed by atoms with Crippen molar-refractivity contribution in [2.24, 2.45) is 0 Å². The molecule has 0 aliphatic heterocycles. The first kappa shape index (κ1) is 17.9. The second-order valence-corrected chi connectivity index (χ2v) is 6.02. The maximum absolute atomic E-state index is 12.4. The minimum Gasteiger partial charge on any atom is -0.494 e. The molecule has 0 fully saturated rings. The van der Waals surface area contributed by atoms with Crippen molar-refractivity contribution in [3.8, 4) is 11.4 Å². The third-order valence-electron chi connectivity index (χ3n) is 3.72. The lowest BCUT2D eigenvalue weighted by Crippen LogP contribution is -2.24. The zero-order chi connectivity index (χ0) is 18.5. The summed E-state index contributed by atoms with van der Waals surface area (Å²) in [5, 5.41) is 7.65. The molecule has 134 valence electrons. The Morgan fingerprint density at radius 1 is 1.23 bits per heavy atom. The molecule has 0 saturated heterocycles. The second-order valence-electron chi connectivity index (χ2n) is 5.61. The molecule has 0 aliphatic rings. The number of nitrogens with zero attached hydrogens (tertiary/aromatic N) is 3. The monoisotopic (exact) mass is 370 g/mol. The Bertz CT molecular complexity index is 923. The molecule has 0 spiro atoms. The lowest BCUT2D eigenvalue weighted by molar-refractivity contribution is 0.0940. The van der Waals surface area contributed by atoms with E-state index in [-0.39, 0.29) is 11.7 Å². The van der Waals surface area contributed by atoms with Crippen LogP contribution in [-0.2, 0) is 6.54 Å². The van der Waals surface area contributed by atoms with Crippen molar-refractivity contribution in [3.63, 3.8) is 0 Å². The smallest absolute Gasteiger partial charge is 0.291 e. The SMILES string of the molecule is CCOc1cccc(CNC(=O)c2nc(C)n(-c3ccccc3Cl)n2)c1. The third kappa shape index (κ3) is 4.03. The highest BCUT2D eigenvalue weighted by Crippen LogP contribution is 2.20. The average Bonchev–Trinajstić information content (AvgIpc) is 3.02. The molecule has 0 radical (unpaired) electrons. The summed E-state index contributed by atoms with van der Waals surface area (Å²) in [6.45, 7) is 4.66. The van der Waals surface area contributed by atoms with Gasteiger partial charge in [-0.25, -0.2) is 9.67 Å². The molecule has 0 aliphatic carbocycles. The van der Waals surface area contributed by atoms with Crippen molar-refractivity contribution in [2.45, 2.75) is 20.4 Å². The normalized spacial score (nSPS) is 10.6. The summed E-state index contributed by atoms with van der Waals surface area (Å²) in [5.41, 5.74) is 1.62. The minimum absolute atomic E-state index is 0.100. The lowest BCUT2D eigenvalue weighted by atomic mass is 10.2. The van der Waals surface area contributed by atoms with E-state index in [4.69, 9.17) is 16.3 Å². The fourth-order valence-corrected chi connectivity index (χ4v) is 2.73. The van der Waals surface area contributed by atoms with E-state index in [0.29, 0.717) is 29.7 Å². The van der Waals surface area contributed by atoms with Gasteiger partial charge in [-0.1, -0.05) is 35.9 Å². The molecule has 0 atom stereocenters. The predicted octanol–water partition coefficient (Wildman–Crippen LogP) is 3.56. The van der Waals surface area contributed by atoms with Gasteiger partial charge in [0.15, 0.2) is 0 Å². The number of ether oxygens (including phenoxy) is 1. The molecule has 7 heteroatoms. The largest absolute Gasteiger partial charge is 0.494 e. The summed E-state index contributed by atoms with van der Waals surface area (Å²) in [6.07, 6.45) is 0. The van der Waals surface area contributed by atoms with E-state index >= 15 is 0 Å². The van der Waals surface area contributed by atoms with Gasteiger partial charge in [0.25, 0.3) is 5.91 Å². The van der Waals surface area contributed by atoms with Crippen molar-refractivity contribution >= 4 is 17.5 Å². The molecule has 0 unspecified atom stereocenters. The Labute approximate surface area is 156 Å². The molecule has 1 amide bonds. The van der Waals surface area contributed by atoms with Crippen LogP contribution in [0, 0.1) is 6.92 Å². The first-order valence-corrected chi connectivity index (χ1v) is 8.64. The Kier molecular flexibility index (Phi) is 5.53. The van der Waals surface area contributed by atoms with E-state index in [1.807, 2.05) is 49.4 Å². The quantitative estimate of drug-likeness (QED) is 0.720. The van der Waals surface area contributed by atoms with E-state index < -0.39 is 0 Å². The number of aryl methyl sites for hydroxylation is 1. The molecule has 3 aromatic rings. The number of amides is 1. The van der Waals surface area contributed by atoms with Crippen LogP contribution in [0.3, 0.4) is 0 Å². The highest BCUT2D eigenvalue weighted by molar-refractivity contribution is 6.32. The first-order valence-electron chi connectivity index (χ1n) is 8.27. The minimum atomic E-state index is -0.347. The number of hydrogen-bond donors (Lipinski definition) is 1. The van der Waals surface area contributed by atoms with Crippen LogP contribution < -0.4 is 10.1 Å². The molecule has 1 N–H and O–H groups in total. The van der Waals surface area contributed by atoms with E-state index in [9.17, 15) is 4.79 Å². The van der Waals surface area contributed by atoms with Gasteiger partial charge in [0, 0.05) is 6.54 Å².